The summed E-state index contributed by atoms with van der Waals surface area (Å²) in [4.78, 5) is 20.2. The topological polar surface area (TPSA) is 45.2 Å². The molecule has 174 valence electrons. The van der Waals surface area contributed by atoms with Crippen molar-refractivity contribution in [1.82, 2.24) is 4.98 Å². The molecule has 0 fully saturated rings. The summed E-state index contributed by atoms with van der Waals surface area (Å²) in [7, 11) is 0. The summed E-state index contributed by atoms with van der Waals surface area (Å²) >= 11 is 21.5. The summed E-state index contributed by atoms with van der Waals surface area (Å²) in [5.74, 6) is 0.778. The Morgan fingerprint density at radius 2 is 1.59 bits per heavy atom. The van der Waals surface area contributed by atoms with Gasteiger partial charge in [-0.3, -0.25) is 4.79 Å². The molecule has 1 aromatic heterocycles. The van der Waals surface area contributed by atoms with E-state index in [1.54, 1.807) is 18.2 Å². The van der Waals surface area contributed by atoms with Crippen molar-refractivity contribution in [3.63, 3.8) is 0 Å². The van der Waals surface area contributed by atoms with Crippen molar-refractivity contribution in [2.75, 3.05) is 35.1 Å². The molecule has 0 saturated carbocycles. The van der Waals surface area contributed by atoms with Gasteiger partial charge in [0.25, 0.3) is 5.91 Å². The Morgan fingerprint density at radius 3 is 2.24 bits per heavy atom. The van der Waals surface area contributed by atoms with Gasteiger partial charge in [0.2, 0.25) is 0 Å². The molecule has 0 bridgehead atoms. The fourth-order valence-electron chi connectivity index (χ4n) is 3.68. The number of nitrogens with zero attached hydrogens (tertiary/aromatic N) is 2. The molecule has 1 amide bonds. The minimum atomic E-state index is -0.237. The number of anilines is 2. The second kappa shape index (κ2) is 11.4. The standard InChI is InChI=1S/C26H21BrCl3N3O/c27-18-3-1-17(2-4-18)25-16-23(22-15-19(30)5-10-24(22)32-25)26(34)31-20-6-8-21(9-7-20)33(13-11-28)14-12-29/h1-10,15-16H,11-14H2,(H,31,34). The minimum Gasteiger partial charge on any atom is -0.369 e. The van der Waals surface area contributed by atoms with Crippen LogP contribution in [0.15, 0.2) is 77.3 Å². The molecule has 0 radical (unpaired) electrons. The average molecular weight is 578 g/mol. The molecule has 4 rings (SSSR count). The zero-order valence-corrected chi connectivity index (χ0v) is 21.9. The van der Waals surface area contributed by atoms with Crippen LogP contribution in [0.25, 0.3) is 22.2 Å². The van der Waals surface area contributed by atoms with Crippen molar-refractivity contribution in [2.24, 2.45) is 0 Å². The van der Waals surface area contributed by atoms with Gasteiger partial charge in [-0.1, -0.05) is 39.7 Å². The Labute approximate surface area is 222 Å². The third-order valence-corrected chi connectivity index (χ3v) is 6.46. The summed E-state index contributed by atoms with van der Waals surface area (Å²) < 4.78 is 0.973. The number of alkyl halides is 2. The van der Waals surface area contributed by atoms with Gasteiger partial charge in [0.1, 0.15) is 0 Å². The van der Waals surface area contributed by atoms with Crippen LogP contribution in [0.1, 0.15) is 10.4 Å². The Morgan fingerprint density at radius 1 is 0.912 bits per heavy atom. The first-order valence-electron chi connectivity index (χ1n) is 10.6. The molecular formula is C26H21BrCl3N3O. The summed E-state index contributed by atoms with van der Waals surface area (Å²) in [5.41, 5.74) is 4.50. The van der Waals surface area contributed by atoms with E-state index in [0.29, 0.717) is 57.7 Å². The lowest BCUT2D eigenvalue weighted by Crippen LogP contribution is -2.27. The van der Waals surface area contributed by atoms with Gasteiger partial charge in [0.05, 0.1) is 16.8 Å². The Bertz CT molecular complexity index is 1290. The van der Waals surface area contributed by atoms with E-state index >= 15 is 0 Å². The monoisotopic (exact) mass is 575 g/mol. The highest BCUT2D eigenvalue weighted by Gasteiger charge is 2.15. The normalized spacial score (nSPS) is 10.9. The van der Waals surface area contributed by atoms with E-state index in [0.717, 1.165) is 15.7 Å². The molecule has 8 heteroatoms. The second-order valence-electron chi connectivity index (χ2n) is 7.59. The lowest BCUT2D eigenvalue weighted by molar-refractivity contribution is 0.102. The lowest BCUT2D eigenvalue weighted by Gasteiger charge is -2.23. The van der Waals surface area contributed by atoms with Crippen molar-refractivity contribution in [3.8, 4) is 11.3 Å². The highest BCUT2D eigenvalue weighted by atomic mass is 79.9. The molecule has 0 atom stereocenters. The number of carbonyl (C=O) groups excluding carboxylic acids is 1. The van der Waals surface area contributed by atoms with Crippen LogP contribution in [-0.4, -0.2) is 35.7 Å². The highest BCUT2D eigenvalue weighted by Crippen LogP contribution is 2.29. The summed E-state index contributed by atoms with van der Waals surface area (Å²) in [6, 6.07) is 22.6. The molecule has 0 unspecified atom stereocenters. The first kappa shape index (κ1) is 24.8. The van der Waals surface area contributed by atoms with Crippen LogP contribution in [0, 0.1) is 0 Å². The second-order valence-corrected chi connectivity index (χ2v) is 9.70. The minimum absolute atomic E-state index is 0.237. The molecule has 1 heterocycles. The van der Waals surface area contributed by atoms with Crippen LogP contribution in [0.4, 0.5) is 11.4 Å². The predicted molar refractivity (Wildman–Crippen MR) is 148 cm³/mol. The number of hydrogen-bond acceptors (Lipinski definition) is 3. The van der Waals surface area contributed by atoms with E-state index in [-0.39, 0.29) is 5.91 Å². The number of halogens is 4. The molecule has 0 aliphatic carbocycles. The molecule has 3 aromatic carbocycles. The van der Waals surface area contributed by atoms with Crippen molar-refractivity contribution in [2.45, 2.75) is 0 Å². The van der Waals surface area contributed by atoms with Gasteiger partial charge in [-0.15, -0.1) is 23.2 Å². The fraction of sp³-hybridized carbons (Fsp3) is 0.154. The van der Waals surface area contributed by atoms with Gasteiger partial charge in [0.15, 0.2) is 0 Å². The third kappa shape index (κ3) is 5.84. The van der Waals surface area contributed by atoms with Crippen LogP contribution in [-0.2, 0) is 0 Å². The van der Waals surface area contributed by atoms with Gasteiger partial charge in [-0.2, -0.15) is 0 Å². The summed E-state index contributed by atoms with van der Waals surface area (Å²) in [5, 5.41) is 4.24. The first-order chi connectivity index (χ1) is 16.5. The maximum Gasteiger partial charge on any atom is 0.256 e. The largest absolute Gasteiger partial charge is 0.369 e. The molecule has 4 nitrogen and oxygen atoms in total. The van der Waals surface area contributed by atoms with Crippen molar-refractivity contribution >= 4 is 78.9 Å². The van der Waals surface area contributed by atoms with Crippen LogP contribution < -0.4 is 10.2 Å². The summed E-state index contributed by atoms with van der Waals surface area (Å²) in [6.07, 6.45) is 0. The van der Waals surface area contributed by atoms with Crippen molar-refractivity contribution < 1.29 is 4.79 Å². The van der Waals surface area contributed by atoms with Gasteiger partial charge in [-0.25, -0.2) is 4.98 Å². The van der Waals surface area contributed by atoms with Crippen LogP contribution in [0.3, 0.4) is 0 Å². The van der Waals surface area contributed by atoms with Gasteiger partial charge >= 0.3 is 0 Å². The molecule has 0 aliphatic heterocycles. The van der Waals surface area contributed by atoms with Gasteiger partial charge in [-0.05, 0) is 60.7 Å². The van der Waals surface area contributed by atoms with Crippen LogP contribution in [0.2, 0.25) is 5.02 Å². The predicted octanol–water partition coefficient (Wildman–Crippen LogP) is 7.85. The van der Waals surface area contributed by atoms with E-state index in [4.69, 9.17) is 39.8 Å². The number of hydrogen-bond donors (Lipinski definition) is 1. The third-order valence-electron chi connectivity index (χ3n) is 5.35. The van der Waals surface area contributed by atoms with Crippen molar-refractivity contribution in [3.05, 3.63) is 87.9 Å². The number of aromatic nitrogens is 1. The van der Waals surface area contributed by atoms with Gasteiger partial charge in [0, 0.05) is 56.7 Å². The van der Waals surface area contributed by atoms with Crippen LogP contribution >= 0.6 is 50.7 Å². The fourth-order valence-corrected chi connectivity index (χ4v) is 4.53. The lowest BCUT2D eigenvalue weighted by atomic mass is 10.0. The highest BCUT2D eigenvalue weighted by molar-refractivity contribution is 9.10. The number of amides is 1. The Balaban J connectivity index is 1.66. The van der Waals surface area contributed by atoms with Crippen molar-refractivity contribution in [1.29, 1.82) is 0 Å². The van der Waals surface area contributed by atoms with Crippen LogP contribution in [0.5, 0.6) is 0 Å². The number of pyridine rings is 1. The number of carbonyl (C=O) groups is 1. The SMILES string of the molecule is O=C(Nc1ccc(N(CCCl)CCCl)cc1)c1cc(-c2ccc(Br)cc2)nc2ccc(Cl)cc12. The van der Waals surface area contributed by atoms with E-state index < -0.39 is 0 Å². The molecule has 1 N–H and O–H groups in total. The quantitative estimate of drug-likeness (QED) is 0.217. The Hall–Kier alpha value is -2.31. The van der Waals surface area contributed by atoms with E-state index in [9.17, 15) is 4.79 Å². The number of rotatable bonds is 8. The molecule has 0 saturated heterocycles. The van der Waals surface area contributed by atoms with Gasteiger partial charge < -0.3 is 10.2 Å². The number of nitrogens with one attached hydrogen (secondary N) is 1. The first-order valence-corrected chi connectivity index (χ1v) is 12.9. The summed E-state index contributed by atoms with van der Waals surface area (Å²) in [6.45, 7) is 1.39. The Kier molecular flexibility index (Phi) is 8.32. The molecular weight excluding hydrogens is 557 g/mol. The zero-order valence-electron chi connectivity index (χ0n) is 18.1. The maximum atomic E-state index is 13.4. The zero-order chi connectivity index (χ0) is 24.1. The number of benzene rings is 3. The molecule has 4 aromatic rings. The molecule has 0 spiro atoms. The smallest absolute Gasteiger partial charge is 0.256 e. The van der Waals surface area contributed by atoms with E-state index in [1.807, 2.05) is 54.6 Å². The van der Waals surface area contributed by atoms with E-state index in [1.165, 1.54) is 0 Å². The molecule has 34 heavy (non-hydrogen) atoms. The molecule has 0 aliphatic rings. The average Bonchev–Trinajstić information content (AvgIpc) is 2.84. The maximum absolute atomic E-state index is 13.4. The number of fused-ring (bicyclic) bond motifs is 1. The van der Waals surface area contributed by atoms with E-state index in [2.05, 4.69) is 26.1 Å².